The van der Waals surface area contributed by atoms with Gasteiger partial charge < -0.3 is 10.2 Å². The normalized spacial score (nSPS) is 10.6. The summed E-state index contributed by atoms with van der Waals surface area (Å²) in [7, 11) is 0. The van der Waals surface area contributed by atoms with Crippen LogP contribution in [-0.4, -0.2) is 31.1 Å². The number of aryl methyl sites for hydroxylation is 1. The first kappa shape index (κ1) is 14.7. The number of nitrogens with one attached hydrogen (secondary N) is 1. The molecule has 1 aromatic carbocycles. The fourth-order valence-electron chi connectivity index (χ4n) is 1.96. The molecule has 0 amide bonds. The molecule has 0 atom stereocenters. The van der Waals surface area contributed by atoms with Crippen LogP contribution in [0.5, 0.6) is 0 Å². The SMILES string of the molecule is CCN(CC)CCNCc1ccc(C#N)cc1C. The van der Waals surface area contributed by atoms with E-state index >= 15 is 0 Å². The minimum absolute atomic E-state index is 0.736. The van der Waals surface area contributed by atoms with Gasteiger partial charge in [-0.1, -0.05) is 19.9 Å². The van der Waals surface area contributed by atoms with E-state index in [1.54, 1.807) is 0 Å². The fourth-order valence-corrected chi connectivity index (χ4v) is 1.96. The summed E-state index contributed by atoms with van der Waals surface area (Å²) >= 11 is 0. The Morgan fingerprint density at radius 2 is 2.00 bits per heavy atom. The van der Waals surface area contributed by atoms with Crippen molar-refractivity contribution in [2.24, 2.45) is 0 Å². The van der Waals surface area contributed by atoms with E-state index in [2.05, 4.69) is 37.1 Å². The molecule has 18 heavy (non-hydrogen) atoms. The van der Waals surface area contributed by atoms with Crippen LogP contribution < -0.4 is 5.32 Å². The zero-order valence-corrected chi connectivity index (χ0v) is 11.7. The van der Waals surface area contributed by atoms with Gasteiger partial charge in [0.1, 0.15) is 0 Å². The third-order valence-corrected chi connectivity index (χ3v) is 3.29. The highest BCUT2D eigenvalue weighted by Crippen LogP contribution is 2.10. The molecule has 0 fully saturated rings. The molecule has 1 rings (SSSR count). The lowest BCUT2D eigenvalue weighted by Gasteiger charge is -2.18. The Balaban J connectivity index is 2.38. The van der Waals surface area contributed by atoms with E-state index < -0.39 is 0 Å². The minimum Gasteiger partial charge on any atom is -0.311 e. The highest BCUT2D eigenvalue weighted by Gasteiger charge is 2.01. The van der Waals surface area contributed by atoms with Crippen LogP contribution in [0.15, 0.2) is 18.2 Å². The van der Waals surface area contributed by atoms with Gasteiger partial charge in [0.05, 0.1) is 11.6 Å². The van der Waals surface area contributed by atoms with Crippen molar-refractivity contribution in [3.63, 3.8) is 0 Å². The number of likely N-dealkylation sites (N-methyl/N-ethyl adjacent to an activating group) is 1. The lowest BCUT2D eigenvalue weighted by Crippen LogP contribution is -2.31. The summed E-state index contributed by atoms with van der Waals surface area (Å²) in [5.74, 6) is 0. The minimum atomic E-state index is 0.736. The predicted molar refractivity (Wildman–Crippen MR) is 75.4 cm³/mol. The summed E-state index contributed by atoms with van der Waals surface area (Å²) in [6.45, 7) is 11.6. The molecule has 0 aliphatic rings. The zero-order valence-electron chi connectivity index (χ0n) is 11.7. The Morgan fingerprint density at radius 3 is 2.56 bits per heavy atom. The number of rotatable bonds is 7. The Bertz CT molecular complexity index is 403. The quantitative estimate of drug-likeness (QED) is 0.749. The van der Waals surface area contributed by atoms with E-state index in [1.807, 2.05) is 18.2 Å². The molecule has 0 saturated heterocycles. The van der Waals surface area contributed by atoms with Gasteiger partial charge in [0.25, 0.3) is 0 Å². The first-order chi connectivity index (χ1) is 8.71. The zero-order chi connectivity index (χ0) is 13.4. The molecular weight excluding hydrogens is 222 g/mol. The predicted octanol–water partition coefficient (Wildman–Crippen LogP) is 2.30. The van der Waals surface area contributed by atoms with E-state index in [1.165, 1.54) is 11.1 Å². The maximum Gasteiger partial charge on any atom is 0.0991 e. The number of hydrogen-bond acceptors (Lipinski definition) is 3. The summed E-state index contributed by atoms with van der Waals surface area (Å²) in [5, 5.41) is 12.3. The van der Waals surface area contributed by atoms with Crippen molar-refractivity contribution in [1.29, 1.82) is 5.26 Å². The molecular formula is C15H23N3. The van der Waals surface area contributed by atoms with Gasteiger partial charge >= 0.3 is 0 Å². The number of nitrogens with zero attached hydrogens (tertiary/aromatic N) is 2. The van der Waals surface area contributed by atoms with Crippen molar-refractivity contribution in [2.75, 3.05) is 26.2 Å². The second-order valence-corrected chi connectivity index (χ2v) is 4.46. The van der Waals surface area contributed by atoms with Crippen LogP contribution in [0.4, 0.5) is 0 Å². The first-order valence-electron chi connectivity index (χ1n) is 6.64. The molecule has 0 heterocycles. The lowest BCUT2D eigenvalue weighted by molar-refractivity contribution is 0.302. The summed E-state index contributed by atoms with van der Waals surface area (Å²) < 4.78 is 0. The van der Waals surface area contributed by atoms with Crippen molar-refractivity contribution >= 4 is 0 Å². The Kier molecular flexibility index (Phi) is 6.42. The molecule has 0 spiro atoms. The summed E-state index contributed by atoms with van der Waals surface area (Å²) in [6.07, 6.45) is 0. The standard InChI is InChI=1S/C15H23N3/c1-4-18(5-2)9-8-17-12-15-7-6-14(11-16)10-13(15)3/h6-7,10,17H,4-5,8-9,12H2,1-3H3. The number of benzene rings is 1. The topological polar surface area (TPSA) is 39.1 Å². The third-order valence-electron chi connectivity index (χ3n) is 3.29. The van der Waals surface area contributed by atoms with E-state index in [0.717, 1.165) is 38.3 Å². The van der Waals surface area contributed by atoms with Gasteiger partial charge in [0.2, 0.25) is 0 Å². The van der Waals surface area contributed by atoms with Crippen LogP contribution >= 0.6 is 0 Å². The summed E-state index contributed by atoms with van der Waals surface area (Å²) in [6, 6.07) is 8.03. The second kappa shape index (κ2) is 7.86. The fraction of sp³-hybridized carbons (Fsp3) is 0.533. The van der Waals surface area contributed by atoms with E-state index in [4.69, 9.17) is 5.26 Å². The van der Waals surface area contributed by atoms with Crippen molar-refractivity contribution < 1.29 is 0 Å². The van der Waals surface area contributed by atoms with Crippen molar-refractivity contribution in [3.05, 3.63) is 34.9 Å². The monoisotopic (exact) mass is 245 g/mol. The van der Waals surface area contributed by atoms with Gasteiger partial charge in [0.15, 0.2) is 0 Å². The molecule has 0 bridgehead atoms. The molecule has 0 aromatic heterocycles. The average molecular weight is 245 g/mol. The smallest absolute Gasteiger partial charge is 0.0991 e. The van der Waals surface area contributed by atoms with Crippen LogP contribution in [0, 0.1) is 18.3 Å². The van der Waals surface area contributed by atoms with Gasteiger partial charge in [0, 0.05) is 19.6 Å². The maximum absolute atomic E-state index is 8.81. The lowest BCUT2D eigenvalue weighted by atomic mass is 10.1. The molecule has 0 aliphatic heterocycles. The van der Waals surface area contributed by atoms with Crippen LogP contribution in [0.1, 0.15) is 30.5 Å². The van der Waals surface area contributed by atoms with E-state index in [-0.39, 0.29) is 0 Å². The van der Waals surface area contributed by atoms with Crippen molar-refractivity contribution in [3.8, 4) is 6.07 Å². The molecule has 0 aliphatic carbocycles. The van der Waals surface area contributed by atoms with Crippen LogP contribution in [0.25, 0.3) is 0 Å². The van der Waals surface area contributed by atoms with Crippen LogP contribution in [0.2, 0.25) is 0 Å². The number of hydrogen-bond donors (Lipinski definition) is 1. The van der Waals surface area contributed by atoms with E-state index in [0.29, 0.717) is 0 Å². The summed E-state index contributed by atoms with van der Waals surface area (Å²) in [4.78, 5) is 2.40. The van der Waals surface area contributed by atoms with Crippen LogP contribution in [-0.2, 0) is 6.54 Å². The van der Waals surface area contributed by atoms with Gasteiger partial charge in [-0.05, 0) is 43.3 Å². The van der Waals surface area contributed by atoms with E-state index in [9.17, 15) is 0 Å². The highest BCUT2D eigenvalue weighted by molar-refractivity contribution is 5.37. The van der Waals surface area contributed by atoms with Crippen molar-refractivity contribution in [2.45, 2.75) is 27.3 Å². The molecule has 0 radical (unpaired) electrons. The molecule has 0 unspecified atom stereocenters. The largest absolute Gasteiger partial charge is 0.311 e. The van der Waals surface area contributed by atoms with Gasteiger partial charge in [-0.25, -0.2) is 0 Å². The maximum atomic E-state index is 8.81. The Labute approximate surface area is 110 Å². The Morgan fingerprint density at radius 1 is 1.28 bits per heavy atom. The van der Waals surface area contributed by atoms with Gasteiger partial charge in [-0.15, -0.1) is 0 Å². The van der Waals surface area contributed by atoms with Crippen LogP contribution in [0.3, 0.4) is 0 Å². The molecule has 3 nitrogen and oxygen atoms in total. The highest BCUT2D eigenvalue weighted by atomic mass is 15.1. The summed E-state index contributed by atoms with van der Waals surface area (Å²) in [5.41, 5.74) is 3.19. The Hall–Kier alpha value is -1.37. The molecule has 1 N–H and O–H groups in total. The van der Waals surface area contributed by atoms with Gasteiger partial charge in [-0.3, -0.25) is 0 Å². The second-order valence-electron chi connectivity index (χ2n) is 4.46. The third kappa shape index (κ3) is 4.48. The molecule has 3 heteroatoms. The van der Waals surface area contributed by atoms with Gasteiger partial charge in [-0.2, -0.15) is 5.26 Å². The molecule has 1 aromatic rings. The van der Waals surface area contributed by atoms with Crippen molar-refractivity contribution in [1.82, 2.24) is 10.2 Å². The average Bonchev–Trinajstić information content (AvgIpc) is 2.40. The molecule has 0 saturated carbocycles. The number of nitriles is 1. The molecule has 98 valence electrons. The first-order valence-corrected chi connectivity index (χ1v) is 6.64.